The Hall–Kier alpha value is -4.47. The third-order valence-corrected chi connectivity index (χ3v) is 12.1. The molecule has 1 aromatic heterocycles. The third-order valence-electron chi connectivity index (χ3n) is 10.3. The Morgan fingerprint density at radius 1 is 1.16 bits per heavy atom. The summed E-state index contributed by atoms with van der Waals surface area (Å²) in [6.07, 6.45) is 5.75. The van der Waals surface area contributed by atoms with Crippen LogP contribution in [-0.2, 0) is 24.4 Å². The Balaban J connectivity index is 1.34. The molecular weight excluding hydrogens is 685 g/mol. The molecule has 3 heterocycles. The number of sulfonamides is 1. The van der Waals surface area contributed by atoms with Crippen molar-refractivity contribution in [2.24, 2.45) is 17.8 Å². The minimum absolute atomic E-state index is 0.0458. The van der Waals surface area contributed by atoms with E-state index in [1.54, 1.807) is 19.9 Å². The Bertz CT molecular complexity index is 1850. The number of hydrogen-bond acceptors (Lipinski definition) is 9. The maximum atomic E-state index is 14.5. The van der Waals surface area contributed by atoms with Crippen LogP contribution in [0.15, 0.2) is 36.5 Å². The Labute approximate surface area is 295 Å². The van der Waals surface area contributed by atoms with Crippen LogP contribution >= 0.6 is 0 Å². The van der Waals surface area contributed by atoms with Gasteiger partial charge in [0.15, 0.2) is 0 Å². The number of halogens is 1. The lowest BCUT2D eigenvalue weighted by molar-refractivity contribution is -0.142. The van der Waals surface area contributed by atoms with Crippen molar-refractivity contribution >= 4 is 44.6 Å². The summed E-state index contributed by atoms with van der Waals surface area (Å²) in [5, 5.41) is 15.1. The number of hydrogen-bond donors (Lipinski definition) is 4. The number of nitrogens with one attached hydrogen (secondary N) is 3. The highest BCUT2D eigenvalue weighted by molar-refractivity contribution is 7.91. The standard InChI is InChI=1S/C35H44FN5O9S/c1-4-49-28-17-37-31(26-14-22(36)9-12-25(26)28)50-23-15-27-30(42)39-35(33(44)40-51(47,48)24-10-11-24)16-21(35)8-6-5-7-19(2)13-20(3)29(38-34(45)46)32(43)41(27)18-23/h6,8-9,12,14,17,19-21,23-24,27,29,38H,4-5,7,10-11,13,15-16,18H2,1-3H3,(H,39,42)(H,40,44)(H,45,46)/t19-,20-,21-,23-,27+,29+,35-/m1/s1. The van der Waals surface area contributed by atoms with E-state index in [1.807, 2.05) is 19.1 Å². The van der Waals surface area contributed by atoms with Gasteiger partial charge in [-0.2, -0.15) is 0 Å². The van der Waals surface area contributed by atoms with Crippen LogP contribution in [-0.4, -0.2) is 89.4 Å². The highest BCUT2D eigenvalue weighted by atomic mass is 32.2. The van der Waals surface area contributed by atoms with Gasteiger partial charge in [-0.05, 0) is 75.5 Å². The number of fused-ring (bicyclic) bond motifs is 3. The number of amides is 4. The molecule has 2 aliphatic carbocycles. The Morgan fingerprint density at radius 2 is 1.92 bits per heavy atom. The van der Waals surface area contributed by atoms with E-state index >= 15 is 0 Å². The summed E-state index contributed by atoms with van der Waals surface area (Å²) >= 11 is 0. The Kier molecular flexibility index (Phi) is 10.2. The van der Waals surface area contributed by atoms with Crippen LogP contribution in [0.2, 0.25) is 0 Å². The van der Waals surface area contributed by atoms with Crippen LogP contribution in [0.1, 0.15) is 65.7 Å². The summed E-state index contributed by atoms with van der Waals surface area (Å²) in [5.41, 5.74) is -1.56. The fourth-order valence-electron chi connectivity index (χ4n) is 7.32. The molecule has 4 amide bonds. The SMILES string of the molecule is CCOc1cnc(O[C@@H]2C[C@H]3C(=O)N[C@]4(C(=O)NS(=O)(=O)C5CC5)C[C@H]4C=CCC[C@@H](C)C[C@@H](C)[C@H](NC(=O)O)C(=O)N3C2)c2cc(F)ccc12. The fraction of sp³-hybridized carbons (Fsp3) is 0.571. The zero-order valence-electron chi connectivity index (χ0n) is 28.8. The lowest BCUT2D eigenvalue weighted by Crippen LogP contribution is -2.59. The highest BCUT2D eigenvalue weighted by Gasteiger charge is 2.62. The van der Waals surface area contributed by atoms with Crippen molar-refractivity contribution in [3.63, 3.8) is 0 Å². The first-order valence-corrected chi connectivity index (χ1v) is 19.0. The lowest BCUT2D eigenvalue weighted by atomic mass is 9.88. The molecule has 276 valence electrons. The van der Waals surface area contributed by atoms with Crippen LogP contribution in [0.3, 0.4) is 0 Å². The minimum atomic E-state index is -3.93. The first-order chi connectivity index (χ1) is 24.2. The topological polar surface area (TPSA) is 193 Å². The molecule has 0 radical (unpaired) electrons. The average Bonchev–Trinajstić information content (AvgIpc) is 3.99. The van der Waals surface area contributed by atoms with Gasteiger partial charge in [0.25, 0.3) is 5.91 Å². The van der Waals surface area contributed by atoms with E-state index in [2.05, 4.69) is 20.3 Å². The summed E-state index contributed by atoms with van der Waals surface area (Å²) < 4.78 is 54.1. The van der Waals surface area contributed by atoms with E-state index in [4.69, 9.17) is 9.47 Å². The van der Waals surface area contributed by atoms with Crippen LogP contribution < -0.4 is 24.8 Å². The monoisotopic (exact) mass is 729 g/mol. The van der Waals surface area contributed by atoms with E-state index in [0.717, 1.165) is 6.42 Å². The molecule has 6 rings (SSSR count). The molecule has 3 fully saturated rings. The maximum Gasteiger partial charge on any atom is 0.405 e. The van der Waals surface area contributed by atoms with Crippen molar-refractivity contribution in [2.75, 3.05) is 13.2 Å². The molecule has 51 heavy (non-hydrogen) atoms. The predicted octanol–water partition coefficient (Wildman–Crippen LogP) is 3.25. The fourth-order valence-corrected chi connectivity index (χ4v) is 8.68. The van der Waals surface area contributed by atoms with Gasteiger partial charge in [-0.15, -0.1) is 0 Å². The van der Waals surface area contributed by atoms with Crippen molar-refractivity contribution < 1.29 is 46.6 Å². The van der Waals surface area contributed by atoms with Gasteiger partial charge in [0.1, 0.15) is 35.3 Å². The number of ether oxygens (including phenoxy) is 2. The zero-order chi connectivity index (χ0) is 36.7. The number of carboxylic acid groups (broad SMARTS) is 1. The molecule has 7 atom stereocenters. The second kappa shape index (κ2) is 14.3. The van der Waals surface area contributed by atoms with E-state index in [0.29, 0.717) is 48.8 Å². The van der Waals surface area contributed by atoms with E-state index < -0.39 is 80.5 Å². The smallest absolute Gasteiger partial charge is 0.405 e. The first-order valence-electron chi connectivity index (χ1n) is 17.4. The van der Waals surface area contributed by atoms with E-state index in [-0.39, 0.29) is 31.2 Å². The van der Waals surface area contributed by atoms with Gasteiger partial charge in [-0.1, -0.05) is 26.0 Å². The molecule has 14 nitrogen and oxygen atoms in total. The summed E-state index contributed by atoms with van der Waals surface area (Å²) in [7, 11) is -3.93. The van der Waals surface area contributed by atoms with Gasteiger partial charge in [-0.25, -0.2) is 22.6 Å². The number of allylic oxidation sites excluding steroid dienone is 1. The molecule has 16 heteroatoms. The van der Waals surface area contributed by atoms with Crippen LogP contribution in [0, 0.1) is 23.6 Å². The molecule has 4 N–H and O–H groups in total. The Morgan fingerprint density at radius 3 is 2.63 bits per heavy atom. The molecule has 0 unspecified atom stereocenters. The highest BCUT2D eigenvalue weighted by Crippen LogP contribution is 2.46. The molecule has 0 spiro atoms. The number of rotatable bonds is 8. The normalized spacial score (nSPS) is 29.9. The molecule has 2 aromatic rings. The average molecular weight is 730 g/mol. The van der Waals surface area contributed by atoms with Crippen molar-refractivity contribution in [2.45, 2.75) is 94.7 Å². The minimum Gasteiger partial charge on any atom is -0.492 e. The van der Waals surface area contributed by atoms with Crippen molar-refractivity contribution in [1.29, 1.82) is 0 Å². The lowest BCUT2D eigenvalue weighted by Gasteiger charge is -2.32. The number of carbonyl (C=O) groups is 4. The van der Waals surface area contributed by atoms with Crippen molar-refractivity contribution in [1.82, 2.24) is 25.2 Å². The van der Waals surface area contributed by atoms with Crippen LogP contribution in [0.5, 0.6) is 11.6 Å². The number of pyridine rings is 1. The number of carbonyl (C=O) groups excluding carboxylic acids is 3. The quantitative estimate of drug-likeness (QED) is 0.293. The molecule has 1 aromatic carbocycles. The first kappa shape index (κ1) is 36.3. The largest absolute Gasteiger partial charge is 0.492 e. The zero-order valence-corrected chi connectivity index (χ0v) is 29.6. The molecule has 4 aliphatic rings. The van der Waals surface area contributed by atoms with E-state index in [1.165, 1.54) is 23.2 Å². The number of benzene rings is 1. The molecular formula is C35H44FN5O9S. The second-order valence-corrected chi connectivity index (χ2v) is 16.2. The van der Waals surface area contributed by atoms with Crippen molar-refractivity contribution in [3.05, 3.63) is 42.4 Å². The molecule has 2 aliphatic heterocycles. The van der Waals surface area contributed by atoms with Crippen LogP contribution in [0.25, 0.3) is 10.8 Å². The predicted molar refractivity (Wildman–Crippen MR) is 183 cm³/mol. The molecule has 1 saturated heterocycles. The number of nitrogens with zero attached hydrogens (tertiary/aromatic N) is 2. The van der Waals surface area contributed by atoms with Gasteiger partial charge < -0.3 is 30.1 Å². The van der Waals surface area contributed by atoms with Gasteiger partial charge in [0.2, 0.25) is 27.7 Å². The summed E-state index contributed by atoms with van der Waals surface area (Å²) in [4.78, 5) is 59.8. The second-order valence-electron chi connectivity index (χ2n) is 14.2. The summed E-state index contributed by atoms with van der Waals surface area (Å²) in [5.74, 6) is -3.11. The summed E-state index contributed by atoms with van der Waals surface area (Å²) in [6, 6.07) is 1.65. The van der Waals surface area contributed by atoms with Gasteiger partial charge in [0, 0.05) is 17.7 Å². The maximum absolute atomic E-state index is 14.5. The third kappa shape index (κ3) is 7.75. The molecule has 0 bridgehead atoms. The van der Waals surface area contributed by atoms with E-state index in [9.17, 15) is 37.1 Å². The number of aromatic nitrogens is 1. The summed E-state index contributed by atoms with van der Waals surface area (Å²) in [6.45, 7) is 5.78. The van der Waals surface area contributed by atoms with Gasteiger partial charge in [0.05, 0.1) is 30.0 Å². The molecule has 2 saturated carbocycles. The van der Waals surface area contributed by atoms with Crippen LogP contribution in [0.4, 0.5) is 9.18 Å². The van der Waals surface area contributed by atoms with Gasteiger partial charge >= 0.3 is 6.09 Å². The van der Waals surface area contributed by atoms with Crippen molar-refractivity contribution in [3.8, 4) is 11.6 Å². The van der Waals surface area contributed by atoms with Gasteiger partial charge in [-0.3, -0.25) is 19.1 Å².